The van der Waals surface area contributed by atoms with Crippen LogP contribution in [-0.2, 0) is 9.47 Å². The predicted octanol–water partition coefficient (Wildman–Crippen LogP) is 1.04. The van der Waals surface area contributed by atoms with Gasteiger partial charge in [-0.3, -0.25) is 0 Å². The first kappa shape index (κ1) is 12.1. The molecule has 90 valence electrons. The first-order chi connectivity index (χ1) is 8.45. The quantitative estimate of drug-likeness (QED) is 0.623. The molecule has 17 heavy (non-hydrogen) atoms. The van der Waals surface area contributed by atoms with Crippen molar-refractivity contribution in [3.05, 3.63) is 35.9 Å². The Morgan fingerprint density at radius 1 is 1.24 bits per heavy atom. The van der Waals surface area contributed by atoms with Crippen LogP contribution in [0.15, 0.2) is 30.3 Å². The van der Waals surface area contributed by atoms with Gasteiger partial charge in [-0.2, -0.15) is 0 Å². The molecule has 2 rings (SSSR count). The van der Waals surface area contributed by atoms with Crippen molar-refractivity contribution >= 4 is 0 Å². The normalized spacial score (nSPS) is 19.4. The molecule has 0 bridgehead atoms. The third-order valence-corrected chi connectivity index (χ3v) is 2.48. The second kappa shape index (κ2) is 7.08. The lowest BCUT2D eigenvalue weighted by atomic mass is 10.2. The van der Waals surface area contributed by atoms with Crippen molar-refractivity contribution in [2.75, 3.05) is 32.9 Å². The zero-order chi connectivity index (χ0) is 11.8. The van der Waals surface area contributed by atoms with Crippen molar-refractivity contribution in [3.63, 3.8) is 0 Å². The largest absolute Gasteiger partial charge is 0.376 e. The molecule has 0 spiro atoms. The van der Waals surface area contributed by atoms with Crippen molar-refractivity contribution < 1.29 is 9.47 Å². The van der Waals surface area contributed by atoms with Gasteiger partial charge in [-0.1, -0.05) is 30.0 Å². The van der Waals surface area contributed by atoms with Crippen LogP contribution < -0.4 is 5.32 Å². The second-order valence-corrected chi connectivity index (χ2v) is 3.87. The third-order valence-electron chi connectivity index (χ3n) is 2.48. The summed E-state index contributed by atoms with van der Waals surface area (Å²) in [6.07, 6.45) is 0.169. The number of nitrogens with one attached hydrogen (secondary N) is 1. The fourth-order valence-corrected chi connectivity index (χ4v) is 1.62. The molecule has 1 atom stereocenters. The molecular formula is C14H17NO2. The molecule has 1 aliphatic heterocycles. The van der Waals surface area contributed by atoms with E-state index in [1.54, 1.807) is 0 Å². The highest BCUT2D eigenvalue weighted by Crippen LogP contribution is 1.98. The first-order valence-corrected chi connectivity index (χ1v) is 5.89. The van der Waals surface area contributed by atoms with E-state index in [2.05, 4.69) is 17.2 Å². The second-order valence-electron chi connectivity index (χ2n) is 3.87. The van der Waals surface area contributed by atoms with Gasteiger partial charge in [0.15, 0.2) is 0 Å². The summed E-state index contributed by atoms with van der Waals surface area (Å²) in [5.74, 6) is 6.18. The van der Waals surface area contributed by atoms with Crippen LogP contribution in [0.4, 0.5) is 0 Å². The minimum Gasteiger partial charge on any atom is -0.376 e. The topological polar surface area (TPSA) is 30.5 Å². The highest BCUT2D eigenvalue weighted by molar-refractivity contribution is 5.33. The van der Waals surface area contributed by atoms with Gasteiger partial charge in [0, 0.05) is 12.1 Å². The van der Waals surface area contributed by atoms with E-state index < -0.39 is 0 Å². The van der Waals surface area contributed by atoms with E-state index in [1.165, 1.54) is 0 Å². The molecule has 3 nitrogen and oxygen atoms in total. The van der Waals surface area contributed by atoms with E-state index in [0.29, 0.717) is 26.4 Å². The van der Waals surface area contributed by atoms with E-state index >= 15 is 0 Å². The van der Waals surface area contributed by atoms with Crippen molar-refractivity contribution in [1.82, 2.24) is 5.32 Å². The van der Waals surface area contributed by atoms with E-state index in [0.717, 1.165) is 12.1 Å². The number of hydrogen-bond acceptors (Lipinski definition) is 3. The summed E-state index contributed by atoms with van der Waals surface area (Å²) in [6, 6.07) is 9.98. The fraction of sp³-hybridized carbons (Fsp3) is 0.429. The Kier molecular flexibility index (Phi) is 5.05. The number of benzene rings is 1. The fourth-order valence-electron chi connectivity index (χ4n) is 1.62. The van der Waals surface area contributed by atoms with Gasteiger partial charge in [-0.25, -0.2) is 0 Å². The molecule has 0 aliphatic carbocycles. The maximum absolute atomic E-state index is 5.51. The maximum atomic E-state index is 5.51. The molecule has 1 saturated heterocycles. The molecule has 3 heteroatoms. The Balaban J connectivity index is 1.64. The van der Waals surface area contributed by atoms with Gasteiger partial charge in [0.05, 0.1) is 32.5 Å². The summed E-state index contributed by atoms with van der Waals surface area (Å²) in [7, 11) is 0. The van der Waals surface area contributed by atoms with Crippen LogP contribution in [0.2, 0.25) is 0 Å². The van der Waals surface area contributed by atoms with Gasteiger partial charge in [0.2, 0.25) is 0 Å². The van der Waals surface area contributed by atoms with Gasteiger partial charge in [-0.15, -0.1) is 0 Å². The molecule has 0 aromatic heterocycles. The SMILES string of the molecule is C(#Cc1ccccc1)CNCC1COCCO1. The van der Waals surface area contributed by atoms with Gasteiger partial charge in [0.25, 0.3) is 0 Å². The van der Waals surface area contributed by atoms with Crippen LogP contribution in [0, 0.1) is 11.8 Å². The molecule has 1 fully saturated rings. The molecule has 1 aliphatic rings. The maximum Gasteiger partial charge on any atom is 0.0933 e. The number of hydrogen-bond donors (Lipinski definition) is 1. The Morgan fingerprint density at radius 2 is 2.12 bits per heavy atom. The predicted molar refractivity (Wildman–Crippen MR) is 66.7 cm³/mol. The van der Waals surface area contributed by atoms with E-state index in [9.17, 15) is 0 Å². The number of rotatable bonds is 3. The van der Waals surface area contributed by atoms with E-state index in [1.807, 2.05) is 30.3 Å². The highest BCUT2D eigenvalue weighted by atomic mass is 16.6. The number of ether oxygens (including phenoxy) is 2. The molecule has 1 unspecified atom stereocenters. The standard InChI is InChI=1S/C14H17NO2/c1-2-5-13(6-3-1)7-4-8-15-11-14-12-16-9-10-17-14/h1-3,5-6,14-15H,8-12H2. The monoisotopic (exact) mass is 231 g/mol. The van der Waals surface area contributed by atoms with Crippen LogP contribution in [0.25, 0.3) is 0 Å². The van der Waals surface area contributed by atoms with Crippen LogP contribution in [0.1, 0.15) is 5.56 Å². The van der Waals surface area contributed by atoms with Gasteiger partial charge in [0.1, 0.15) is 0 Å². The minimum atomic E-state index is 0.169. The smallest absolute Gasteiger partial charge is 0.0933 e. The van der Waals surface area contributed by atoms with Crippen LogP contribution in [-0.4, -0.2) is 39.0 Å². The Bertz CT molecular complexity index is 374. The summed E-state index contributed by atoms with van der Waals surface area (Å²) in [5, 5.41) is 3.25. The van der Waals surface area contributed by atoms with Crippen molar-refractivity contribution in [2.24, 2.45) is 0 Å². The summed E-state index contributed by atoms with van der Waals surface area (Å²) in [4.78, 5) is 0. The van der Waals surface area contributed by atoms with Crippen LogP contribution in [0.5, 0.6) is 0 Å². The Morgan fingerprint density at radius 3 is 2.88 bits per heavy atom. The Labute approximate surface area is 102 Å². The lowest BCUT2D eigenvalue weighted by Crippen LogP contribution is -2.37. The average Bonchev–Trinajstić information content (AvgIpc) is 2.41. The zero-order valence-corrected chi connectivity index (χ0v) is 9.82. The molecule has 1 heterocycles. The van der Waals surface area contributed by atoms with Crippen LogP contribution >= 0.6 is 0 Å². The summed E-state index contributed by atoms with van der Waals surface area (Å²) in [6.45, 7) is 3.56. The van der Waals surface area contributed by atoms with E-state index in [-0.39, 0.29) is 6.10 Å². The van der Waals surface area contributed by atoms with Crippen molar-refractivity contribution in [2.45, 2.75) is 6.10 Å². The zero-order valence-electron chi connectivity index (χ0n) is 9.82. The first-order valence-electron chi connectivity index (χ1n) is 5.89. The molecule has 1 aromatic rings. The molecular weight excluding hydrogens is 214 g/mol. The van der Waals surface area contributed by atoms with Crippen molar-refractivity contribution in [3.8, 4) is 11.8 Å². The van der Waals surface area contributed by atoms with Crippen molar-refractivity contribution in [1.29, 1.82) is 0 Å². The summed E-state index contributed by atoms with van der Waals surface area (Å²) < 4.78 is 10.8. The summed E-state index contributed by atoms with van der Waals surface area (Å²) >= 11 is 0. The minimum absolute atomic E-state index is 0.169. The van der Waals surface area contributed by atoms with E-state index in [4.69, 9.17) is 9.47 Å². The lowest BCUT2D eigenvalue weighted by molar-refractivity contribution is -0.0860. The molecule has 0 amide bonds. The average molecular weight is 231 g/mol. The lowest BCUT2D eigenvalue weighted by Gasteiger charge is -2.22. The molecule has 1 N–H and O–H groups in total. The molecule has 1 aromatic carbocycles. The van der Waals surface area contributed by atoms with Crippen LogP contribution in [0.3, 0.4) is 0 Å². The summed E-state index contributed by atoms with van der Waals surface area (Å²) in [5.41, 5.74) is 1.05. The third kappa shape index (κ3) is 4.58. The molecule has 0 radical (unpaired) electrons. The Hall–Kier alpha value is -1.34. The van der Waals surface area contributed by atoms with Gasteiger partial charge >= 0.3 is 0 Å². The highest BCUT2D eigenvalue weighted by Gasteiger charge is 2.12. The molecule has 0 saturated carbocycles. The van der Waals surface area contributed by atoms with Gasteiger partial charge < -0.3 is 14.8 Å². The van der Waals surface area contributed by atoms with Gasteiger partial charge in [-0.05, 0) is 12.1 Å².